The van der Waals surface area contributed by atoms with Crippen LogP contribution in [0.25, 0.3) is 78.1 Å². The molecule has 1 aliphatic heterocycles. The summed E-state index contributed by atoms with van der Waals surface area (Å²) in [4.78, 5) is 13.0. The van der Waals surface area contributed by atoms with E-state index >= 15 is 0 Å². The van der Waals surface area contributed by atoms with Gasteiger partial charge in [0, 0.05) is 37.3 Å². The molecule has 0 unspecified atom stereocenters. The van der Waals surface area contributed by atoms with E-state index in [-0.39, 0.29) is 0 Å². The van der Waals surface area contributed by atoms with Crippen molar-refractivity contribution >= 4 is 33.7 Å². The van der Waals surface area contributed by atoms with E-state index in [0.29, 0.717) is 11.4 Å². The molecule has 0 saturated carbocycles. The Balaban J connectivity index is 1.12. The highest BCUT2D eigenvalue weighted by Gasteiger charge is 2.50. The van der Waals surface area contributed by atoms with Gasteiger partial charge in [-0.1, -0.05) is 157 Å². The van der Waals surface area contributed by atoms with Gasteiger partial charge in [0.15, 0.2) is 5.82 Å². The summed E-state index contributed by atoms with van der Waals surface area (Å²) < 4.78 is 6.33. The van der Waals surface area contributed by atoms with Gasteiger partial charge in [0.05, 0.1) is 28.4 Å². The van der Waals surface area contributed by atoms with Crippen molar-refractivity contribution in [1.82, 2.24) is 9.97 Å². The third kappa shape index (κ3) is 4.97. The fourth-order valence-corrected chi connectivity index (χ4v) is 10.8. The highest BCUT2D eigenvalue weighted by Crippen LogP contribution is 2.63. The second-order valence-corrected chi connectivity index (χ2v) is 16.2. The van der Waals surface area contributed by atoms with Crippen molar-refractivity contribution in [3.63, 3.8) is 0 Å². The lowest BCUT2D eigenvalue weighted by Gasteiger charge is -2.40. The van der Waals surface area contributed by atoms with Crippen molar-refractivity contribution in [3.8, 4) is 62.2 Å². The molecule has 1 aliphatic carbocycles. The van der Waals surface area contributed by atoms with Crippen molar-refractivity contribution < 1.29 is 4.42 Å². The summed E-state index contributed by atoms with van der Waals surface area (Å²) in [6.07, 6.45) is 0. The fourth-order valence-electron chi connectivity index (χ4n) is 9.47. The maximum absolute atomic E-state index is 9.58. The van der Waals surface area contributed by atoms with Crippen LogP contribution in [-0.2, 0) is 5.41 Å². The highest BCUT2D eigenvalue weighted by atomic mass is 32.2. The van der Waals surface area contributed by atoms with Gasteiger partial charge >= 0.3 is 0 Å². The van der Waals surface area contributed by atoms with Crippen LogP contribution in [0, 0.1) is 11.3 Å². The lowest BCUT2D eigenvalue weighted by Crippen LogP contribution is -2.32. The van der Waals surface area contributed by atoms with Crippen LogP contribution in [0.1, 0.15) is 27.8 Å². The standard InChI is InChI=1S/C54H31N3OS/c55-32-33-24-26-34(27-25-33)37-17-10-21-44-52(37)59-50-29-28-36(30-45(50)54(44)42-19-7-4-14-38(42)39-15-5-8-20-43(39)54)46-31-47(57-53(56-46)35-12-2-1-3-13-35)40-18-11-23-49-51(40)41-16-6-9-22-48(41)58-49/h1-31H. The zero-order chi connectivity index (χ0) is 39.1. The number of nitrogens with zero attached hydrogens (tertiary/aromatic N) is 3. The third-order valence-electron chi connectivity index (χ3n) is 12.0. The van der Waals surface area contributed by atoms with Crippen molar-refractivity contribution in [2.24, 2.45) is 0 Å². The molecule has 10 aromatic rings. The number of para-hydroxylation sites is 1. The normalized spacial score (nSPS) is 13.1. The zero-order valence-corrected chi connectivity index (χ0v) is 32.4. The molecule has 12 rings (SSSR count). The molecule has 274 valence electrons. The number of nitriles is 1. The van der Waals surface area contributed by atoms with Crippen LogP contribution in [0.2, 0.25) is 0 Å². The van der Waals surface area contributed by atoms with Crippen molar-refractivity contribution in [1.29, 1.82) is 5.26 Å². The molecule has 0 amide bonds. The minimum Gasteiger partial charge on any atom is -0.456 e. The Morgan fingerprint density at radius 1 is 0.475 bits per heavy atom. The summed E-state index contributed by atoms with van der Waals surface area (Å²) in [5.74, 6) is 0.665. The van der Waals surface area contributed by atoms with Crippen molar-refractivity contribution in [2.45, 2.75) is 15.2 Å². The molecular formula is C54H31N3OS. The second kappa shape index (κ2) is 13.0. The first kappa shape index (κ1) is 33.6. The number of aromatic nitrogens is 2. The lowest BCUT2D eigenvalue weighted by molar-refractivity contribution is 0.669. The van der Waals surface area contributed by atoms with Gasteiger partial charge in [0.2, 0.25) is 0 Å². The monoisotopic (exact) mass is 769 g/mol. The summed E-state index contributed by atoms with van der Waals surface area (Å²) in [5.41, 5.74) is 16.1. The van der Waals surface area contributed by atoms with E-state index in [1.807, 2.05) is 66.4 Å². The molecule has 2 aliphatic rings. The second-order valence-electron chi connectivity index (χ2n) is 15.1. The van der Waals surface area contributed by atoms with Crippen LogP contribution in [-0.4, -0.2) is 9.97 Å². The van der Waals surface area contributed by atoms with Gasteiger partial charge in [-0.15, -0.1) is 0 Å². The maximum atomic E-state index is 9.58. The van der Waals surface area contributed by atoms with Gasteiger partial charge in [0.1, 0.15) is 11.2 Å². The van der Waals surface area contributed by atoms with Gasteiger partial charge in [-0.25, -0.2) is 9.97 Å². The number of benzene rings is 8. The highest BCUT2D eigenvalue weighted by molar-refractivity contribution is 7.99. The van der Waals surface area contributed by atoms with Crippen LogP contribution in [0.15, 0.2) is 202 Å². The molecule has 0 atom stereocenters. The molecule has 3 heterocycles. The van der Waals surface area contributed by atoms with Gasteiger partial charge in [-0.05, 0) is 87.0 Å². The lowest BCUT2D eigenvalue weighted by atomic mass is 9.66. The zero-order valence-electron chi connectivity index (χ0n) is 31.6. The first-order valence-corrected chi connectivity index (χ1v) is 20.5. The Labute approximate surface area is 345 Å². The molecule has 0 bridgehead atoms. The van der Waals surface area contributed by atoms with Crippen molar-refractivity contribution in [2.75, 3.05) is 0 Å². The molecule has 2 aromatic heterocycles. The fraction of sp³-hybridized carbons (Fsp3) is 0.0185. The minimum atomic E-state index is -0.596. The number of hydrogen-bond donors (Lipinski definition) is 0. The molecule has 4 nitrogen and oxygen atoms in total. The summed E-state index contributed by atoms with van der Waals surface area (Å²) in [5, 5.41) is 11.7. The summed E-state index contributed by atoms with van der Waals surface area (Å²) >= 11 is 1.82. The largest absolute Gasteiger partial charge is 0.456 e. The van der Waals surface area contributed by atoms with Crippen LogP contribution >= 0.6 is 11.8 Å². The van der Waals surface area contributed by atoms with E-state index in [4.69, 9.17) is 14.4 Å². The summed E-state index contributed by atoms with van der Waals surface area (Å²) in [6.45, 7) is 0. The molecule has 0 radical (unpaired) electrons. The smallest absolute Gasteiger partial charge is 0.160 e. The Kier molecular flexibility index (Phi) is 7.41. The van der Waals surface area contributed by atoms with Crippen LogP contribution < -0.4 is 0 Å². The average molecular weight is 770 g/mol. The van der Waals surface area contributed by atoms with Crippen molar-refractivity contribution in [3.05, 3.63) is 216 Å². The summed E-state index contributed by atoms with van der Waals surface area (Å²) in [7, 11) is 0. The Morgan fingerprint density at radius 2 is 1.10 bits per heavy atom. The van der Waals surface area contributed by atoms with E-state index in [9.17, 15) is 5.26 Å². The molecular weight excluding hydrogens is 739 g/mol. The SMILES string of the molecule is N#Cc1ccc(-c2cccc3c2Sc2ccc(-c4cc(-c5cccc6oc7ccccc7c56)nc(-c5ccccc5)n4)cc2C32c3ccccc3-c3ccccc32)cc1. The molecule has 59 heavy (non-hydrogen) atoms. The van der Waals surface area contributed by atoms with E-state index < -0.39 is 5.41 Å². The average Bonchev–Trinajstić information content (AvgIpc) is 3.83. The number of furan rings is 1. The topological polar surface area (TPSA) is 62.7 Å². The van der Waals surface area contributed by atoms with Crippen LogP contribution in [0.3, 0.4) is 0 Å². The Morgan fingerprint density at radius 3 is 1.90 bits per heavy atom. The third-order valence-corrected chi connectivity index (χ3v) is 13.2. The number of fused-ring (bicyclic) bond motifs is 12. The minimum absolute atomic E-state index is 0.596. The Hall–Kier alpha value is -7.52. The van der Waals surface area contributed by atoms with E-state index in [2.05, 4.69) is 140 Å². The molecule has 5 heteroatoms. The van der Waals surface area contributed by atoms with Gasteiger partial charge < -0.3 is 4.42 Å². The maximum Gasteiger partial charge on any atom is 0.160 e. The van der Waals surface area contributed by atoms with E-state index in [1.165, 1.54) is 43.2 Å². The molecule has 8 aromatic carbocycles. The Bertz CT molecular complexity index is 3330. The van der Waals surface area contributed by atoms with Gasteiger partial charge in [-0.3, -0.25) is 0 Å². The van der Waals surface area contributed by atoms with E-state index in [1.54, 1.807) is 0 Å². The molecule has 1 spiro atoms. The van der Waals surface area contributed by atoms with Crippen LogP contribution in [0.5, 0.6) is 0 Å². The summed E-state index contributed by atoms with van der Waals surface area (Å²) in [6, 6.07) is 68.4. The first-order chi connectivity index (χ1) is 29.2. The van der Waals surface area contributed by atoms with Gasteiger partial charge in [0.25, 0.3) is 0 Å². The van der Waals surface area contributed by atoms with Gasteiger partial charge in [-0.2, -0.15) is 5.26 Å². The van der Waals surface area contributed by atoms with E-state index in [0.717, 1.165) is 61.1 Å². The molecule has 0 N–H and O–H groups in total. The van der Waals surface area contributed by atoms with Crippen LogP contribution in [0.4, 0.5) is 0 Å². The first-order valence-electron chi connectivity index (χ1n) is 19.7. The predicted octanol–water partition coefficient (Wildman–Crippen LogP) is 13.7. The molecule has 0 fully saturated rings. The molecule has 0 saturated heterocycles. The number of rotatable bonds is 4. The predicted molar refractivity (Wildman–Crippen MR) is 237 cm³/mol. The quantitative estimate of drug-likeness (QED) is 0.178. The number of hydrogen-bond acceptors (Lipinski definition) is 5.